The van der Waals surface area contributed by atoms with Crippen molar-refractivity contribution in [3.05, 3.63) is 75.6 Å². The van der Waals surface area contributed by atoms with Gasteiger partial charge in [0, 0.05) is 25.8 Å². The van der Waals surface area contributed by atoms with Gasteiger partial charge in [0.05, 0.1) is 31.2 Å². The number of benzene rings is 2. The number of aromatic nitrogens is 1. The first-order chi connectivity index (χ1) is 14.9. The Kier molecular flexibility index (Phi) is 6.98. The fourth-order valence-electron chi connectivity index (χ4n) is 3.38. The van der Waals surface area contributed by atoms with Crippen LogP contribution in [0.25, 0.3) is 10.9 Å². The summed E-state index contributed by atoms with van der Waals surface area (Å²) < 4.78 is 35.7. The van der Waals surface area contributed by atoms with Crippen LogP contribution < -0.4 is 10.2 Å². The summed E-state index contributed by atoms with van der Waals surface area (Å²) in [5, 5.41) is 17.9. The smallest absolute Gasteiger partial charge is 0.259 e. The second-order valence-corrected chi connectivity index (χ2v) is 6.84. The molecule has 9 heteroatoms. The van der Waals surface area contributed by atoms with Crippen molar-refractivity contribution in [2.45, 2.75) is 6.54 Å². The number of amides is 1. The summed E-state index contributed by atoms with van der Waals surface area (Å²) in [6.07, 6.45) is 1.18. The molecule has 164 valence electrons. The van der Waals surface area contributed by atoms with Crippen molar-refractivity contribution in [1.29, 1.82) is 0 Å². The molecule has 0 fully saturated rings. The quantitative estimate of drug-likeness (QED) is 0.566. The molecule has 0 radical (unpaired) electrons. The molecule has 0 saturated heterocycles. The predicted molar refractivity (Wildman–Crippen MR) is 110 cm³/mol. The Balaban J connectivity index is 2.20. The fourth-order valence-corrected chi connectivity index (χ4v) is 3.38. The zero-order valence-corrected chi connectivity index (χ0v) is 16.8. The van der Waals surface area contributed by atoms with Crippen molar-refractivity contribution in [1.82, 2.24) is 9.47 Å². The summed E-state index contributed by atoms with van der Waals surface area (Å²) >= 11 is 0. The highest BCUT2D eigenvalue weighted by atomic mass is 19.1. The largest absolute Gasteiger partial charge is 0.497 e. The lowest BCUT2D eigenvalue weighted by atomic mass is 10.1. The van der Waals surface area contributed by atoms with Gasteiger partial charge in [0.2, 0.25) is 5.43 Å². The minimum Gasteiger partial charge on any atom is -0.497 e. The molecule has 1 aromatic heterocycles. The standard InChI is InChI=1S/C22H22F2N2O5/c1-31-15-4-2-14(3-5-15)12-26-13-16(22(30)25(8-10-27)9-11-28)21(29)19-17(23)6-7-18(24)20(19)26/h2-7,13,27-28H,8-12H2,1H3. The van der Waals surface area contributed by atoms with Gasteiger partial charge in [-0.3, -0.25) is 9.59 Å². The first kappa shape index (κ1) is 22.4. The number of aliphatic hydroxyl groups excluding tert-OH is 2. The number of pyridine rings is 1. The molecule has 0 spiro atoms. The van der Waals surface area contributed by atoms with E-state index in [1.807, 2.05) is 0 Å². The molecule has 7 nitrogen and oxygen atoms in total. The number of fused-ring (bicyclic) bond motifs is 1. The first-order valence-corrected chi connectivity index (χ1v) is 9.56. The van der Waals surface area contributed by atoms with Crippen LogP contribution in [0.1, 0.15) is 15.9 Å². The van der Waals surface area contributed by atoms with Crippen LogP contribution in [0.5, 0.6) is 5.75 Å². The third-order valence-electron chi connectivity index (χ3n) is 4.89. The van der Waals surface area contributed by atoms with Crippen LogP contribution in [0, 0.1) is 11.6 Å². The van der Waals surface area contributed by atoms with Crippen molar-refractivity contribution in [2.75, 3.05) is 33.4 Å². The fraction of sp³-hybridized carbons (Fsp3) is 0.273. The highest BCUT2D eigenvalue weighted by Crippen LogP contribution is 2.22. The lowest BCUT2D eigenvalue weighted by Gasteiger charge is -2.22. The van der Waals surface area contributed by atoms with Crippen molar-refractivity contribution in [3.8, 4) is 5.75 Å². The molecule has 0 bridgehead atoms. The molecule has 0 unspecified atom stereocenters. The van der Waals surface area contributed by atoms with E-state index in [-0.39, 0.29) is 43.9 Å². The Morgan fingerprint density at radius 2 is 1.65 bits per heavy atom. The molecule has 0 aliphatic rings. The second-order valence-electron chi connectivity index (χ2n) is 6.84. The van der Waals surface area contributed by atoms with Gasteiger partial charge in [0.15, 0.2) is 0 Å². The van der Waals surface area contributed by atoms with Crippen LogP contribution in [-0.2, 0) is 6.54 Å². The Morgan fingerprint density at radius 1 is 1.03 bits per heavy atom. The third kappa shape index (κ3) is 4.57. The van der Waals surface area contributed by atoms with Crippen LogP contribution in [0.4, 0.5) is 8.78 Å². The summed E-state index contributed by atoms with van der Waals surface area (Å²) in [5.41, 5.74) is -0.889. The molecule has 0 atom stereocenters. The molecule has 0 aliphatic carbocycles. The zero-order chi connectivity index (χ0) is 22.5. The maximum atomic E-state index is 14.7. The number of ether oxygens (including phenoxy) is 1. The van der Waals surface area contributed by atoms with Gasteiger partial charge in [-0.2, -0.15) is 0 Å². The van der Waals surface area contributed by atoms with Gasteiger partial charge in [-0.25, -0.2) is 8.78 Å². The van der Waals surface area contributed by atoms with E-state index in [1.54, 1.807) is 24.3 Å². The Bertz CT molecular complexity index is 1140. The van der Waals surface area contributed by atoms with Gasteiger partial charge in [-0.05, 0) is 29.8 Å². The van der Waals surface area contributed by atoms with E-state index in [0.29, 0.717) is 11.3 Å². The lowest BCUT2D eigenvalue weighted by molar-refractivity contribution is 0.0683. The number of hydrogen-bond donors (Lipinski definition) is 2. The zero-order valence-electron chi connectivity index (χ0n) is 16.8. The molecule has 2 aromatic carbocycles. The SMILES string of the molecule is COc1ccc(Cn2cc(C(=O)N(CCO)CCO)c(=O)c3c(F)ccc(F)c32)cc1. The molecule has 0 aliphatic heterocycles. The maximum Gasteiger partial charge on any atom is 0.259 e. The number of aliphatic hydroxyl groups is 2. The van der Waals surface area contributed by atoms with Gasteiger partial charge in [-0.1, -0.05) is 12.1 Å². The molecular weight excluding hydrogens is 410 g/mol. The summed E-state index contributed by atoms with van der Waals surface area (Å²) in [6.45, 7) is -0.964. The average molecular weight is 432 g/mol. The first-order valence-electron chi connectivity index (χ1n) is 9.56. The van der Waals surface area contributed by atoms with Gasteiger partial charge in [0.25, 0.3) is 5.91 Å². The molecule has 1 amide bonds. The average Bonchev–Trinajstić information content (AvgIpc) is 2.77. The van der Waals surface area contributed by atoms with Gasteiger partial charge in [-0.15, -0.1) is 0 Å². The van der Waals surface area contributed by atoms with Crippen molar-refractivity contribution in [2.24, 2.45) is 0 Å². The number of methoxy groups -OCH3 is 1. The number of nitrogens with zero attached hydrogens (tertiary/aromatic N) is 2. The highest BCUT2D eigenvalue weighted by Gasteiger charge is 2.24. The van der Waals surface area contributed by atoms with Crippen LogP contribution in [0.2, 0.25) is 0 Å². The molecule has 3 aromatic rings. The topological polar surface area (TPSA) is 92.0 Å². The van der Waals surface area contributed by atoms with E-state index in [0.717, 1.165) is 17.0 Å². The van der Waals surface area contributed by atoms with E-state index < -0.39 is 28.4 Å². The monoisotopic (exact) mass is 432 g/mol. The number of carbonyl (C=O) groups excluding carboxylic acids is 1. The minimum atomic E-state index is -0.955. The van der Waals surface area contributed by atoms with Crippen molar-refractivity contribution < 1.29 is 28.5 Å². The van der Waals surface area contributed by atoms with Crippen LogP contribution in [0.15, 0.2) is 47.4 Å². The minimum absolute atomic E-state index is 0.0570. The number of hydrogen-bond acceptors (Lipinski definition) is 5. The van der Waals surface area contributed by atoms with E-state index in [9.17, 15) is 28.6 Å². The summed E-state index contributed by atoms with van der Waals surface area (Å²) in [5.74, 6) is -1.92. The highest BCUT2D eigenvalue weighted by molar-refractivity contribution is 5.97. The molecule has 1 heterocycles. The number of halogens is 2. The molecule has 2 N–H and O–H groups in total. The third-order valence-corrected chi connectivity index (χ3v) is 4.89. The van der Waals surface area contributed by atoms with Gasteiger partial charge < -0.3 is 24.4 Å². The van der Waals surface area contributed by atoms with Crippen LogP contribution in [0.3, 0.4) is 0 Å². The second kappa shape index (κ2) is 9.67. The Labute approximate surface area is 176 Å². The number of rotatable bonds is 8. The van der Waals surface area contributed by atoms with E-state index in [2.05, 4.69) is 0 Å². The molecule has 3 rings (SSSR count). The Morgan fingerprint density at radius 3 is 2.23 bits per heavy atom. The predicted octanol–water partition coefficient (Wildman–Crippen LogP) is 1.76. The molecule has 0 saturated carbocycles. The Hall–Kier alpha value is -3.30. The summed E-state index contributed by atoms with van der Waals surface area (Å²) in [4.78, 5) is 26.9. The maximum absolute atomic E-state index is 14.7. The van der Waals surface area contributed by atoms with Gasteiger partial charge >= 0.3 is 0 Å². The summed E-state index contributed by atoms with van der Waals surface area (Å²) in [7, 11) is 1.52. The van der Waals surface area contributed by atoms with Gasteiger partial charge in [0.1, 0.15) is 22.9 Å². The normalized spacial score (nSPS) is 11.0. The molecule has 31 heavy (non-hydrogen) atoms. The molecular formula is C22H22F2N2O5. The van der Waals surface area contributed by atoms with E-state index in [1.165, 1.54) is 17.9 Å². The van der Waals surface area contributed by atoms with Crippen molar-refractivity contribution >= 4 is 16.8 Å². The van der Waals surface area contributed by atoms with E-state index >= 15 is 0 Å². The lowest BCUT2D eigenvalue weighted by Crippen LogP contribution is -2.38. The summed E-state index contributed by atoms with van der Waals surface area (Å²) in [6, 6.07) is 8.62. The van der Waals surface area contributed by atoms with Crippen molar-refractivity contribution in [3.63, 3.8) is 0 Å². The number of carbonyl (C=O) groups is 1. The van der Waals surface area contributed by atoms with Crippen LogP contribution in [-0.4, -0.2) is 59.0 Å². The van der Waals surface area contributed by atoms with E-state index in [4.69, 9.17) is 4.74 Å². The van der Waals surface area contributed by atoms with Crippen LogP contribution >= 0.6 is 0 Å².